The molecule has 3 aromatic heterocycles. The molecule has 0 bridgehead atoms. The van der Waals surface area contributed by atoms with E-state index >= 15 is 0 Å². The van der Waals surface area contributed by atoms with E-state index in [9.17, 15) is 4.79 Å². The molecule has 4 aromatic rings. The number of pyridine rings is 1. The van der Waals surface area contributed by atoms with Crippen LogP contribution in [0.25, 0.3) is 22.4 Å². The molecule has 0 fully saturated rings. The Bertz CT molecular complexity index is 1170. The standard InChI is InChI=1S/C21H20N4O2S/c1-2-3-4-13-27-17-7-5-15(6-8-17)14-18-20(26)25-21(28-18)23-19(24-25)16-9-11-22-12-10-16/h5-12,14H,2-4,13H2,1H3. The second-order valence-electron chi connectivity index (χ2n) is 6.41. The van der Waals surface area contributed by atoms with Crippen LogP contribution in [-0.2, 0) is 0 Å². The molecule has 0 atom stereocenters. The van der Waals surface area contributed by atoms with Crippen molar-refractivity contribution in [3.8, 4) is 17.1 Å². The van der Waals surface area contributed by atoms with E-state index in [2.05, 4.69) is 22.0 Å². The van der Waals surface area contributed by atoms with Crippen LogP contribution in [0.5, 0.6) is 5.75 Å². The molecule has 0 radical (unpaired) electrons. The molecule has 3 heterocycles. The van der Waals surface area contributed by atoms with Gasteiger partial charge in [0.05, 0.1) is 11.1 Å². The monoisotopic (exact) mass is 392 g/mol. The smallest absolute Gasteiger partial charge is 0.291 e. The predicted octanol–water partition coefficient (Wildman–Crippen LogP) is 3.33. The summed E-state index contributed by atoms with van der Waals surface area (Å²) >= 11 is 1.33. The van der Waals surface area contributed by atoms with Gasteiger partial charge in [-0.1, -0.05) is 43.2 Å². The molecule has 0 amide bonds. The molecule has 0 aliphatic carbocycles. The Kier molecular flexibility index (Phi) is 5.43. The topological polar surface area (TPSA) is 69.4 Å². The number of ether oxygens (including phenoxy) is 1. The van der Waals surface area contributed by atoms with E-state index in [-0.39, 0.29) is 5.56 Å². The first-order chi connectivity index (χ1) is 13.7. The average molecular weight is 392 g/mol. The summed E-state index contributed by atoms with van der Waals surface area (Å²) in [6.45, 7) is 2.90. The van der Waals surface area contributed by atoms with Crippen molar-refractivity contribution in [2.24, 2.45) is 0 Å². The van der Waals surface area contributed by atoms with E-state index < -0.39 is 0 Å². The number of unbranched alkanes of at least 4 members (excludes halogenated alkanes) is 2. The van der Waals surface area contributed by atoms with E-state index in [0.717, 1.165) is 29.9 Å². The molecule has 0 saturated heterocycles. The van der Waals surface area contributed by atoms with Gasteiger partial charge in [-0.25, -0.2) is 0 Å². The predicted molar refractivity (Wildman–Crippen MR) is 111 cm³/mol. The van der Waals surface area contributed by atoms with Crippen molar-refractivity contribution < 1.29 is 4.74 Å². The molecule has 7 heteroatoms. The zero-order valence-corrected chi connectivity index (χ0v) is 16.4. The molecule has 0 spiro atoms. The van der Waals surface area contributed by atoms with Gasteiger partial charge in [0.2, 0.25) is 4.96 Å². The highest BCUT2D eigenvalue weighted by Gasteiger charge is 2.11. The lowest BCUT2D eigenvalue weighted by Gasteiger charge is -2.05. The number of hydrogen-bond acceptors (Lipinski definition) is 6. The molecule has 0 N–H and O–H groups in total. The van der Waals surface area contributed by atoms with Crippen molar-refractivity contribution in [1.82, 2.24) is 19.6 Å². The third-order valence-electron chi connectivity index (χ3n) is 4.31. The summed E-state index contributed by atoms with van der Waals surface area (Å²) in [7, 11) is 0. The molecule has 4 rings (SSSR count). The Hall–Kier alpha value is -3.06. The van der Waals surface area contributed by atoms with Gasteiger partial charge in [0.25, 0.3) is 5.56 Å². The lowest BCUT2D eigenvalue weighted by Crippen LogP contribution is -2.23. The Morgan fingerprint density at radius 2 is 1.89 bits per heavy atom. The number of fused-ring (bicyclic) bond motifs is 1. The number of hydrogen-bond donors (Lipinski definition) is 0. The number of nitrogens with zero attached hydrogens (tertiary/aromatic N) is 4. The minimum Gasteiger partial charge on any atom is -0.494 e. The summed E-state index contributed by atoms with van der Waals surface area (Å²) in [4.78, 5) is 21.7. The zero-order valence-electron chi connectivity index (χ0n) is 15.5. The summed E-state index contributed by atoms with van der Waals surface area (Å²) in [5.41, 5.74) is 1.62. The summed E-state index contributed by atoms with van der Waals surface area (Å²) in [5, 5.41) is 4.34. The first kappa shape index (κ1) is 18.3. The largest absolute Gasteiger partial charge is 0.494 e. The van der Waals surface area contributed by atoms with Crippen molar-refractivity contribution in [3.05, 3.63) is 69.2 Å². The normalized spacial score (nSPS) is 12.0. The minimum atomic E-state index is -0.160. The summed E-state index contributed by atoms with van der Waals surface area (Å²) in [6.07, 6.45) is 8.63. The van der Waals surface area contributed by atoms with Gasteiger partial charge in [0.1, 0.15) is 5.75 Å². The van der Waals surface area contributed by atoms with Crippen molar-refractivity contribution in [2.45, 2.75) is 26.2 Å². The van der Waals surface area contributed by atoms with Crippen LogP contribution in [0.3, 0.4) is 0 Å². The van der Waals surface area contributed by atoms with Crippen molar-refractivity contribution in [2.75, 3.05) is 6.61 Å². The Morgan fingerprint density at radius 1 is 1.11 bits per heavy atom. The highest BCUT2D eigenvalue weighted by Crippen LogP contribution is 2.16. The van der Waals surface area contributed by atoms with Crippen LogP contribution in [-0.4, -0.2) is 26.2 Å². The first-order valence-corrected chi connectivity index (χ1v) is 10.1. The van der Waals surface area contributed by atoms with Gasteiger partial charge in [0, 0.05) is 18.0 Å². The average Bonchev–Trinajstić information content (AvgIpc) is 3.27. The van der Waals surface area contributed by atoms with Crippen LogP contribution in [0.4, 0.5) is 0 Å². The fourth-order valence-corrected chi connectivity index (χ4v) is 3.72. The molecule has 0 aliphatic rings. The van der Waals surface area contributed by atoms with Gasteiger partial charge in [-0.05, 0) is 42.3 Å². The van der Waals surface area contributed by atoms with E-state index in [1.165, 1.54) is 28.7 Å². The minimum absolute atomic E-state index is 0.160. The first-order valence-electron chi connectivity index (χ1n) is 9.29. The summed E-state index contributed by atoms with van der Waals surface area (Å²) in [6, 6.07) is 11.4. The maximum Gasteiger partial charge on any atom is 0.291 e. The molecule has 1 aromatic carbocycles. The third kappa shape index (κ3) is 3.94. The van der Waals surface area contributed by atoms with E-state index in [4.69, 9.17) is 4.74 Å². The molecule has 0 saturated carbocycles. The van der Waals surface area contributed by atoms with E-state index in [0.29, 0.717) is 15.3 Å². The number of aromatic nitrogens is 4. The highest BCUT2D eigenvalue weighted by atomic mass is 32.1. The molecule has 142 valence electrons. The molecular formula is C21H20N4O2S. The van der Waals surface area contributed by atoms with Crippen molar-refractivity contribution >= 4 is 22.4 Å². The Labute approximate surface area is 166 Å². The number of thiazole rings is 1. The SMILES string of the molecule is CCCCCOc1ccc(C=c2sc3nc(-c4ccncc4)nn3c2=O)cc1. The molecule has 28 heavy (non-hydrogen) atoms. The third-order valence-corrected chi connectivity index (χ3v) is 5.27. The summed E-state index contributed by atoms with van der Waals surface area (Å²) < 4.78 is 7.69. The van der Waals surface area contributed by atoms with Gasteiger partial charge in [-0.2, -0.15) is 9.50 Å². The van der Waals surface area contributed by atoms with E-state index in [1.807, 2.05) is 42.5 Å². The number of rotatable bonds is 7. The maximum atomic E-state index is 12.6. The van der Waals surface area contributed by atoms with Gasteiger partial charge < -0.3 is 4.74 Å². The van der Waals surface area contributed by atoms with Crippen molar-refractivity contribution in [1.29, 1.82) is 0 Å². The van der Waals surface area contributed by atoms with Crippen LogP contribution in [0.2, 0.25) is 0 Å². The fourth-order valence-electron chi connectivity index (χ4n) is 2.81. The maximum absolute atomic E-state index is 12.6. The second kappa shape index (κ2) is 8.31. The molecule has 0 aliphatic heterocycles. The van der Waals surface area contributed by atoms with Gasteiger partial charge in [-0.3, -0.25) is 9.78 Å². The van der Waals surface area contributed by atoms with Crippen LogP contribution < -0.4 is 14.8 Å². The Balaban J connectivity index is 1.55. The summed E-state index contributed by atoms with van der Waals surface area (Å²) in [5.74, 6) is 1.38. The van der Waals surface area contributed by atoms with Crippen LogP contribution >= 0.6 is 11.3 Å². The molecule has 6 nitrogen and oxygen atoms in total. The van der Waals surface area contributed by atoms with Crippen LogP contribution in [0.1, 0.15) is 31.7 Å². The van der Waals surface area contributed by atoms with Gasteiger partial charge in [0.15, 0.2) is 5.82 Å². The van der Waals surface area contributed by atoms with Crippen LogP contribution in [0, 0.1) is 0 Å². The highest BCUT2D eigenvalue weighted by molar-refractivity contribution is 7.15. The quantitative estimate of drug-likeness (QED) is 0.451. The lowest BCUT2D eigenvalue weighted by atomic mass is 10.2. The molecule has 0 unspecified atom stereocenters. The second-order valence-corrected chi connectivity index (χ2v) is 7.42. The van der Waals surface area contributed by atoms with Crippen molar-refractivity contribution in [3.63, 3.8) is 0 Å². The van der Waals surface area contributed by atoms with Gasteiger partial charge in [-0.15, -0.1) is 5.10 Å². The van der Waals surface area contributed by atoms with E-state index in [1.54, 1.807) is 12.4 Å². The number of benzene rings is 1. The molecular weight excluding hydrogens is 372 g/mol. The lowest BCUT2D eigenvalue weighted by molar-refractivity contribution is 0.306. The zero-order chi connectivity index (χ0) is 19.3. The van der Waals surface area contributed by atoms with Crippen LogP contribution in [0.15, 0.2) is 53.6 Å². The van der Waals surface area contributed by atoms with Gasteiger partial charge >= 0.3 is 0 Å². The Morgan fingerprint density at radius 3 is 2.61 bits per heavy atom. The fraction of sp³-hybridized carbons (Fsp3) is 0.238.